The van der Waals surface area contributed by atoms with Gasteiger partial charge in [0.25, 0.3) is 0 Å². The number of hydrogen-bond donors (Lipinski definition) is 1. The molecule has 1 aliphatic rings. The van der Waals surface area contributed by atoms with Crippen LogP contribution in [-0.2, 0) is 6.54 Å². The van der Waals surface area contributed by atoms with Gasteiger partial charge in [0.15, 0.2) is 0 Å². The number of anilines is 1. The molecule has 1 aliphatic heterocycles. The van der Waals surface area contributed by atoms with Crippen molar-refractivity contribution in [2.24, 2.45) is 0 Å². The SMILES string of the molecule is O=C(NCc1ccc(Cl)cc1)c1nc(-c2ccnc(N3CCCCC3)c2)no1. The molecule has 1 amide bonds. The number of carbonyl (C=O) groups excluding carboxylic acids is 1. The second-order valence-electron chi connectivity index (χ2n) is 6.68. The van der Waals surface area contributed by atoms with Crippen LogP contribution in [-0.4, -0.2) is 34.1 Å². The van der Waals surface area contributed by atoms with Crippen molar-refractivity contribution in [3.8, 4) is 11.4 Å². The fourth-order valence-corrected chi connectivity index (χ4v) is 3.27. The van der Waals surface area contributed by atoms with E-state index in [-0.39, 0.29) is 5.89 Å². The van der Waals surface area contributed by atoms with E-state index < -0.39 is 5.91 Å². The van der Waals surface area contributed by atoms with E-state index in [1.165, 1.54) is 19.3 Å². The molecule has 144 valence electrons. The molecule has 2 aromatic heterocycles. The topological polar surface area (TPSA) is 84.2 Å². The molecule has 0 saturated carbocycles. The van der Waals surface area contributed by atoms with Crippen LogP contribution in [0.1, 0.15) is 35.5 Å². The lowest BCUT2D eigenvalue weighted by Gasteiger charge is -2.27. The molecule has 1 N–H and O–H groups in total. The van der Waals surface area contributed by atoms with E-state index in [4.69, 9.17) is 16.1 Å². The molecule has 0 spiro atoms. The molecule has 1 fully saturated rings. The zero-order valence-corrected chi connectivity index (χ0v) is 16.0. The van der Waals surface area contributed by atoms with Gasteiger partial charge < -0.3 is 14.7 Å². The summed E-state index contributed by atoms with van der Waals surface area (Å²) in [4.78, 5) is 23.2. The molecule has 1 saturated heterocycles. The minimum atomic E-state index is -0.418. The van der Waals surface area contributed by atoms with Crippen molar-refractivity contribution in [2.45, 2.75) is 25.8 Å². The fourth-order valence-electron chi connectivity index (χ4n) is 3.15. The van der Waals surface area contributed by atoms with Gasteiger partial charge in [0.2, 0.25) is 5.82 Å². The van der Waals surface area contributed by atoms with E-state index in [9.17, 15) is 4.79 Å². The lowest BCUT2D eigenvalue weighted by molar-refractivity contribution is 0.0907. The maximum atomic E-state index is 12.3. The van der Waals surface area contributed by atoms with Crippen molar-refractivity contribution in [1.82, 2.24) is 20.4 Å². The van der Waals surface area contributed by atoms with Gasteiger partial charge in [-0.3, -0.25) is 4.79 Å². The third kappa shape index (κ3) is 4.31. The molecule has 4 rings (SSSR count). The average Bonchev–Trinajstić information content (AvgIpc) is 3.24. The molecule has 3 heterocycles. The number of hydrogen-bond acceptors (Lipinski definition) is 6. The summed E-state index contributed by atoms with van der Waals surface area (Å²) < 4.78 is 5.15. The van der Waals surface area contributed by atoms with Crippen molar-refractivity contribution in [1.29, 1.82) is 0 Å². The number of benzene rings is 1. The zero-order chi connectivity index (χ0) is 19.3. The number of nitrogens with one attached hydrogen (secondary N) is 1. The minimum absolute atomic E-state index is 0.0692. The van der Waals surface area contributed by atoms with Gasteiger partial charge in [-0.15, -0.1) is 0 Å². The van der Waals surface area contributed by atoms with Gasteiger partial charge >= 0.3 is 11.8 Å². The van der Waals surface area contributed by atoms with E-state index >= 15 is 0 Å². The van der Waals surface area contributed by atoms with E-state index in [2.05, 4.69) is 25.3 Å². The molecule has 0 bridgehead atoms. The monoisotopic (exact) mass is 397 g/mol. The Morgan fingerprint density at radius 2 is 1.93 bits per heavy atom. The maximum Gasteiger partial charge on any atom is 0.316 e. The Kier molecular flexibility index (Phi) is 5.53. The number of halogens is 1. The maximum absolute atomic E-state index is 12.3. The van der Waals surface area contributed by atoms with Crippen molar-refractivity contribution < 1.29 is 9.32 Å². The molecule has 8 heteroatoms. The second kappa shape index (κ2) is 8.39. The lowest BCUT2D eigenvalue weighted by Crippen LogP contribution is -2.30. The molecule has 0 radical (unpaired) electrons. The fraction of sp³-hybridized carbons (Fsp3) is 0.300. The molecule has 28 heavy (non-hydrogen) atoms. The summed E-state index contributed by atoms with van der Waals surface area (Å²) in [7, 11) is 0. The Bertz CT molecular complexity index is 951. The van der Waals surface area contributed by atoms with Gasteiger partial charge in [-0.25, -0.2) is 4.98 Å². The summed E-state index contributed by atoms with van der Waals surface area (Å²) in [6, 6.07) is 11.0. The van der Waals surface area contributed by atoms with Crippen LogP contribution < -0.4 is 10.2 Å². The number of piperidine rings is 1. The van der Waals surface area contributed by atoms with E-state index in [0.29, 0.717) is 17.4 Å². The molecule has 0 atom stereocenters. The predicted octanol–water partition coefficient (Wildman–Crippen LogP) is 3.71. The first-order valence-corrected chi connectivity index (χ1v) is 9.64. The van der Waals surface area contributed by atoms with Crippen LogP contribution in [0.15, 0.2) is 47.1 Å². The van der Waals surface area contributed by atoms with Crippen LogP contribution in [0.4, 0.5) is 5.82 Å². The highest BCUT2D eigenvalue weighted by Crippen LogP contribution is 2.23. The summed E-state index contributed by atoms with van der Waals surface area (Å²) in [6.07, 6.45) is 5.34. The predicted molar refractivity (Wildman–Crippen MR) is 106 cm³/mol. The largest absolute Gasteiger partial charge is 0.357 e. The van der Waals surface area contributed by atoms with Gasteiger partial charge in [-0.2, -0.15) is 4.98 Å². The third-order valence-corrected chi connectivity index (χ3v) is 4.92. The standard InChI is InChI=1S/C20H20ClN5O2/c21-16-6-4-14(5-7-16)13-23-19(27)20-24-18(25-28-20)15-8-9-22-17(12-15)26-10-2-1-3-11-26/h4-9,12H,1-3,10-11,13H2,(H,23,27). The van der Waals surface area contributed by atoms with Gasteiger partial charge in [0.05, 0.1) is 0 Å². The van der Waals surface area contributed by atoms with Gasteiger partial charge in [0, 0.05) is 36.4 Å². The Hall–Kier alpha value is -2.93. The highest BCUT2D eigenvalue weighted by atomic mass is 35.5. The second-order valence-corrected chi connectivity index (χ2v) is 7.12. The molecule has 3 aromatic rings. The molecular formula is C20H20ClN5O2. The number of amides is 1. The number of aromatic nitrogens is 3. The summed E-state index contributed by atoms with van der Waals surface area (Å²) in [5.74, 6) is 0.785. The Morgan fingerprint density at radius 1 is 1.14 bits per heavy atom. The first-order chi connectivity index (χ1) is 13.7. The minimum Gasteiger partial charge on any atom is -0.357 e. The van der Waals surface area contributed by atoms with Gasteiger partial charge in [-0.05, 0) is 49.1 Å². The number of carbonyl (C=O) groups is 1. The van der Waals surface area contributed by atoms with Crippen LogP contribution in [0.25, 0.3) is 11.4 Å². The zero-order valence-electron chi connectivity index (χ0n) is 15.3. The lowest BCUT2D eigenvalue weighted by atomic mass is 10.1. The van der Waals surface area contributed by atoms with Gasteiger partial charge in [0.1, 0.15) is 5.82 Å². The molecule has 0 unspecified atom stereocenters. The van der Waals surface area contributed by atoms with E-state index in [1.807, 2.05) is 24.3 Å². The highest BCUT2D eigenvalue weighted by molar-refractivity contribution is 6.30. The first-order valence-electron chi connectivity index (χ1n) is 9.27. The molecule has 1 aromatic carbocycles. The van der Waals surface area contributed by atoms with Crippen molar-refractivity contribution in [3.63, 3.8) is 0 Å². The molecule has 7 nitrogen and oxygen atoms in total. The van der Waals surface area contributed by atoms with Crippen LogP contribution in [0.2, 0.25) is 5.02 Å². The summed E-state index contributed by atoms with van der Waals surface area (Å²) >= 11 is 5.86. The summed E-state index contributed by atoms with van der Waals surface area (Å²) in [6.45, 7) is 2.35. The molecule has 0 aliphatic carbocycles. The normalized spacial score (nSPS) is 14.1. The van der Waals surface area contributed by atoms with Crippen molar-refractivity contribution >= 4 is 23.3 Å². The highest BCUT2D eigenvalue weighted by Gasteiger charge is 2.18. The van der Waals surface area contributed by atoms with Crippen molar-refractivity contribution in [3.05, 3.63) is 59.1 Å². The van der Waals surface area contributed by atoms with Crippen LogP contribution in [0.5, 0.6) is 0 Å². The van der Waals surface area contributed by atoms with Crippen LogP contribution >= 0.6 is 11.6 Å². The quantitative estimate of drug-likeness (QED) is 0.706. The Balaban J connectivity index is 1.43. The van der Waals surface area contributed by atoms with E-state index in [0.717, 1.165) is 30.0 Å². The Morgan fingerprint density at radius 3 is 2.71 bits per heavy atom. The van der Waals surface area contributed by atoms with Crippen LogP contribution in [0.3, 0.4) is 0 Å². The third-order valence-electron chi connectivity index (χ3n) is 4.67. The number of pyridine rings is 1. The van der Waals surface area contributed by atoms with Crippen molar-refractivity contribution in [2.75, 3.05) is 18.0 Å². The van der Waals surface area contributed by atoms with E-state index in [1.54, 1.807) is 18.3 Å². The first kappa shape index (κ1) is 18.4. The summed E-state index contributed by atoms with van der Waals surface area (Å²) in [5.41, 5.74) is 1.70. The number of rotatable bonds is 5. The Labute approximate surface area is 167 Å². The smallest absolute Gasteiger partial charge is 0.316 e. The number of nitrogens with zero attached hydrogens (tertiary/aromatic N) is 4. The average molecular weight is 398 g/mol. The van der Waals surface area contributed by atoms with Gasteiger partial charge in [-0.1, -0.05) is 28.9 Å². The summed E-state index contributed by atoms with van der Waals surface area (Å²) in [5, 5.41) is 7.36. The molecular weight excluding hydrogens is 378 g/mol. The van der Waals surface area contributed by atoms with Crippen LogP contribution in [0, 0.1) is 0 Å².